The van der Waals surface area contributed by atoms with E-state index >= 15 is 0 Å². The zero-order valence-corrected chi connectivity index (χ0v) is 6.97. The van der Waals surface area contributed by atoms with Crippen LogP contribution >= 0.6 is 0 Å². The molecule has 0 aliphatic carbocycles. The number of nitrogens with zero attached hydrogens (tertiary/aromatic N) is 1. The van der Waals surface area contributed by atoms with E-state index in [1.165, 1.54) is 0 Å². The van der Waals surface area contributed by atoms with Crippen molar-refractivity contribution in [3.8, 4) is 0 Å². The van der Waals surface area contributed by atoms with Crippen LogP contribution in [0.15, 0.2) is 0 Å². The van der Waals surface area contributed by atoms with E-state index in [1.54, 1.807) is 0 Å². The number of hydrogen-bond donors (Lipinski definition) is 2. The van der Waals surface area contributed by atoms with Gasteiger partial charge in [-0.05, 0) is 0 Å². The van der Waals surface area contributed by atoms with Crippen molar-refractivity contribution in [3.05, 3.63) is 0 Å². The first-order chi connectivity index (χ1) is 6.16. The summed E-state index contributed by atoms with van der Waals surface area (Å²) in [5, 5.41) is 20.2. The van der Waals surface area contributed by atoms with Crippen molar-refractivity contribution >= 4 is 19.0 Å². The molecular weight excluding hydrogens is 177 g/mol. The maximum Gasteiger partial charge on any atom is 0.405 e. The van der Waals surface area contributed by atoms with Gasteiger partial charge in [0.1, 0.15) is 6.61 Å². The summed E-state index contributed by atoms with van der Waals surface area (Å²) in [7, 11) is 0.437. The molecule has 0 aliphatic rings. The van der Waals surface area contributed by atoms with Gasteiger partial charge in [-0.2, -0.15) is 0 Å². The highest BCUT2D eigenvalue weighted by Crippen LogP contribution is 1.80. The molecule has 0 aromatic rings. The van der Waals surface area contributed by atoms with Gasteiger partial charge in [-0.3, -0.25) is 9.59 Å². The molecule has 0 amide bonds. The van der Waals surface area contributed by atoms with E-state index < -0.39 is 11.7 Å². The van der Waals surface area contributed by atoms with E-state index in [2.05, 4.69) is 10.1 Å². The molecule has 0 saturated carbocycles. The second-order valence-corrected chi connectivity index (χ2v) is 2.04. The van der Waals surface area contributed by atoms with Gasteiger partial charge in [0.05, 0.1) is 6.61 Å². The minimum Gasteiger partial charge on any atom is -0.489 e. The third kappa shape index (κ3) is 8.83. The van der Waals surface area contributed by atoms with E-state index in [0.717, 1.165) is 0 Å². The molecule has 2 N–H and O–H groups in total. The lowest BCUT2D eigenvalue weighted by molar-refractivity contribution is 0.170. The molecule has 0 saturated heterocycles. The average Bonchev–Trinajstić information content (AvgIpc) is 2.02. The van der Waals surface area contributed by atoms with Crippen molar-refractivity contribution in [1.82, 2.24) is 5.32 Å². The van der Waals surface area contributed by atoms with Gasteiger partial charge >= 0.3 is 7.28 Å². The van der Waals surface area contributed by atoms with Gasteiger partial charge in [0.15, 0.2) is 0 Å². The molecule has 0 aromatic carbocycles. The first kappa shape index (κ1) is 11.9. The Labute approximate surface area is 76.1 Å². The molecule has 0 fully saturated rings. The Morgan fingerprint density at radius 3 is 2.62 bits per heavy atom. The lowest BCUT2D eigenvalue weighted by Crippen LogP contribution is -2.23. The SMILES string of the molecule is O=C(O)[B]C(=O)OCC[N]CCO. The molecule has 0 bridgehead atoms. The molecule has 0 spiro atoms. The number of hydrogen-bond acceptors (Lipinski definition) is 4. The third-order valence-corrected chi connectivity index (χ3v) is 0.993. The monoisotopic (exact) mass is 187 g/mol. The smallest absolute Gasteiger partial charge is 0.405 e. The fourth-order valence-corrected chi connectivity index (χ4v) is 0.536. The van der Waals surface area contributed by atoms with Gasteiger partial charge in [-0.15, -0.1) is 0 Å². The first-order valence-corrected chi connectivity index (χ1v) is 3.65. The summed E-state index contributed by atoms with van der Waals surface area (Å²) in [6.07, 6.45) is 0. The van der Waals surface area contributed by atoms with Crippen LogP contribution in [0.25, 0.3) is 0 Å². The number of carboxylic acid groups (broad SMARTS) is 1. The summed E-state index contributed by atoms with van der Waals surface area (Å²) in [4.78, 5) is 20.5. The predicted octanol–water partition coefficient (Wildman–Crippen LogP) is -0.898. The van der Waals surface area contributed by atoms with Crippen LogP contribution < -0.4 is 5.32 Å². The molecule has 0 heterocycles. The minimum absolute atomic E-state index is 0.0304. The van der Waals surface area contributed by atoms with Crippen LogP contribution in [-0.4, -0.2) is 55.5 Å². The van der Waals surface area contributed by atoms with Crippen LogP contribution in [0.3, 0.4) is 0 Å². The molecule has 0 aromatic heterocycles. The van der Waals surface area contributed by atoms with E-state index in [9.17, 15) is 9.59 Å². The second kappa shape index (κ2) is 7.57. The molecule has 72 valence electrons. The lowest BCUT2D eigenvalue weighted by atomic mass is 9.80. The second-order valence-electron chi connectivity index (χ2n) is 2.04. The standard InChI is InChI=1S/C6H10BNO5/c9-3-1-8-2-4-13-6(12)7-5(10)11/h9H,1-4H2,(H,10,11). The van der Waals surface area contributed by atoms with Gasteiger partial charge in [0, 0.05) is 13.1 Å². The molecule has 0 rings (SSSR count). The highest BCUT2D eigenvalue weighted by atomic mass is 16.5. The molecule has 13 heavy (non-hydrogen) atoms. The van der Waals surface area contributed by atoms with Crippen LogP contribution in [0.5, 0.6) is 0 Å². The normalized spacial score (nSPS) is 9.31. The Kier molecular flexibility index (Phi) is 6.94. The Morgan fingerprint density at radius 2 is 2.08 bits per heavy atom. The van der Waals surface area contributed by atoms with Gasteiger partial charge in [-0.1, -0.05) is 0 Å². The molecule has 6 nitrogen and oxygen atoms in total. The number of ether oxygens (including phenoxy) is 1. The number of aliphatic hydroxyl groups excluding tert-OH is 1. The van der Waals surface area contributed by atoms with Crippen LogP contribution in [0.1, 0.15) is 0 Å². The van der Waals surface area contributed by atoms with Gasteiger partial charge in [0.2, 0.25) is 0 Å². The lowest BCUT2D eigenvalue weighted by Gasteiger charge is -2.01. The fourth-order valence-electron chi connectivity index (χ4n) is 0.536. The van der Waals surface area contributed by atoms with Crippen LogP contribution in [0.4, 0.5) is 9.59 Å². The molecule has 2 radical (unpaired) electrons. The van der Waals surface area contributed by atoms with Crippen molar-refractivity contribution in [2.45, 2.75) is 0 Å². The van der Waals surface area contributed by atoms with Gasteiger partial charge in [0.25, 0.3) is 11.7 Å². The molecule has 0 unspecified atom stereocenters. The number of aliphatic hydroxyl groups is 1. The Morgan fingerprint density at radius 1 is 1.38 bits per heavy atom. The maximum atomic E-state index is 10.5. The summed E-state index contributed by atoms with van der Waals surface area (Å²) in [5.74, 6) is -2.23. The van der Waals surface area contributed by atoms with Gasteiger partial charge in [-0.25, -0.2) is 5.32 Å². The number of rotatable bonds is 7. The van der Waals surface area contributed by atoms with Crippen LogP contribution in [0, 0.1) is 0 Å². The number of carbonyl (C=O) groups excluding carboxylic acids is 1. The van der Waals surface area contributed by atoms with Crippen LogP contribution in [0.2, 0.25) is 0 Å². The fraction of sp³-hybridized carbons (Fsp3) is 0.667. The Balaban J connectivity index is 3.22. The highest BCUT2D eigenvalue weighted by molar-refractivity contribution is 6.94. The zero-order valence-electron chi connectivity index (χ0n) is 6.97. The Hall–Kier alpha value is -1.08. The number of carbonyl (C=O) groups is 2. The summed E-state index contributed by atoms with van der Waals surface area (Å²) in [6.45, 7) is 0.539. The summed E-state index contributed by atoms with van der Waals surface area (Å²) >= 11 is 0. The topological polar surface area (TPSA) is 97.9 Å². The van der Waals surface area contributed by atoms with Crippen molar-refractivity contribution in [2.24, 2.45) is 0 Å². The van der Waals surface area contributed by atoms with E-state index in [4.69, 9.17) is 10.2 Å². The third-order valence-electron chi connectivity index (χ3n) is 0.993. The van der Waals surface area contributed by atoms with Crippen molar-refractivity contribution < 1.29 is 24.5 Å². The van der Waals surface area contributed by atoms with E-state index in [-0.39, 0.29) is 19.8 Å². The van der Waals surface area contributed by atoms with E-state index in [0.29, 0.717) is 13.8 Å². The van der Waals surface area contributed by atoms with Gasteiger partial charge < -0.3 is 14.9 Å². The molecular formula is C6H10BNO5. The van der Waals surface area contributed by atoms with Crippen molar-refractivity contribution in [3.63, 3.8) is 0 Å². The van der Waals surface area contributed by atoms with E-state index in [1.807, 2.05) is 0 Å². The molecule has 7 heteroatoms. The largest absolute Gasteiger partial charge is 0.489 e. The summed E-state index contributed by atoms with van der Waals surface area (Å²) in [5.41, 5.74) is 0. The van der Waals surface area contributed by atoms with Crippen molar-refractivity contribution in [1.29, 1.82) is 0 Å². The minimum atomic E-state index is -1.34. The average molecular weight is 187 g/mol. The Bertz CT molecular complexity index is 174. The molecule has 0 atom stereocenters. The summed E-state index contributed by atoms with van der Waals surface area (Å²) in [6, 6.07) is 0. The molecule has 0 aliphatic heterocycles. The predicted molar refractivity (Wildman–Crippen MR) is 44.1 cm³/mol. The zero-order chi connectivity index (χ0) is 10.1. The van der Waals surface area contributed by atoms with Crippen molar-refractivity contribution in [2.75, 3.05) is 26.3 Å². The highest BCUT2D eigenvalue weighted by Gasteiger charge is 2.12. The first-order valence-electron chi connectivity index (χ1n) is 3.65. The summed E-state index contributed by atoms with van der Waals surface area (Å²) < 4.78 is 4.45. The maximum absolute atomic E-state index is 10.5. The quantitative estimate of drug-likeness (QED) is 0.397. The van der Waals surface area contributed by atoms with Crippen LogP contribution in [-0.2, 0) is 4.74 Å².